The Bertz CT molecular complexity index is 1140. The molecular formula is C24H25ClN6O2. The molecule has 0 spiro atoms. The van der Waals surface area contributed by atoms with E-state index in [2.05, 4.69) is 61.7 Å². The fourth-order valence-corrected chi connectivity index (χ4v) is 4.25. The number of aromatic nitrogens is 4. The third-order valence-electron chi connectivity index (χ3n) is 5.57. The van der Waals surface area contributed by atoms with E-state index in [0.717, 1.165) is 53.4 Å². The van der Waals surface area contributed by atoms with Crippen molar-refractivity contribution in [1.29, 1.82) is 0 Å². The molecule has 1 aliphatic rings. The molecule has 2 unspecified atom stereocenters. The van der Waals surface area contributed by atoms with Crippen molar-refractivity contribution < 1.29 is 9.90 Å². The number of carboxylic acid groups (broad SMARTS) is 1. The van der Waals surface area contributed by atoms with Gasteiger partial charge in [0.05, 0.1) is 6.04 Å². The van der Waals surface area contributed by atoms with Crippen molar-refractivity contribution in [3.05, 3.63) is 66.2 Å². The molecule has 0 aliphatic carbocycles. The number of tetrazole rings is 1. The first kappa shape index (κ1) is 22.7. The van der Waals surface area contributed by atoms with Gasteiger partial charge in [0, 0.05) is 24.6 Å². The number of aliphatic imine (C=N–C) groups is 1. The molecule has 33 heavy (non-hydrogen) atoms. The van der Waals surface area contributed by atoms with Crippen LogP contribution in [0.4, 0.5) is 0 Å². The lowest BCUT2D eigenvalue weighted by Gasteiger charge is -2.27. The van der Waals surface area contributed by atoms with Crippen LogP contribution < -0.4 is 0 Å². The van der Waals surface area contributed by atoms with E-state index in [1.165, 1.54) is 0 Å². The molecular weight excluding hydrogens is 440 g/mol. The zero-order valence-electron chi connectivity index (χ0n) is 18.2. The van der Waals surface area contributed by atoms with Gasteiger partial charge in [-0.25, -0.2) is 4.79 Å². The Morgan fingerprint density at radius 1 is 1.18 bits per heavy atom. The number of halogens is 1. The van der Waals surface area contributed by atoms with E-state index in [4.69, 9.17) is 16.7 Å². The average Bonchev–Trinajstić information content (AvgIpc) is 3.45. The number of H-pyrrole nitrogens is 1. The Labute approximate surface area is 197 Å². The molecule has 3 aromatic rings. The van der Waals surface area contributed by atoms with Gasteiger partial charge in [-0.3, -0.25) is 4.99 Å². The van der Waals surface area contributed by atoms with Crippen LogP contribution in [0.2, 0.25) is 0 Å². The summed E-state index contributed by atoms with van der Waals surface area (Å²) < 4.78 is 0. The normalized spacial score (nSPS) is 18.1. The third kappa shape index (κ3) is 5.28. The van der Waals surface area contributed by atoms with Crippen LogP contribution in [0.5, 0.6) is 0 Å². The molecule has 0 amide bonds. The zero-order valence-corrected chi connectivity index (χ0v) is 19.0. The van der Waals surface area contributed by atoms with Crippen LogP contribution in [0, 0.1) is 0 Å². The summed E-state index contributed by atoms with van der Waals surface area (Å²) in [5.41, 5.74) is 3.53. The molecule has 0 bridgehead atoms. The molecule has 0 saturated heterocycles. The Kier molecular flexibility index (Phi) is 7.14. The number of nitrogens with one attached hydrogen (secondary N) is 1. The number of nitrogens with zero attached hydrogens (tertiary/aromatic N) is 5. The second kappa shape index (κ2) is 10.4. The van der Waals surface area contributed by atoms with Crippen molar-refractivity contribution >= 4 is 23.4 Å². The molecule has 2 heterocycles. The topological polar surface area (TPSA) is 107 Å². The lowest BCUT2D eigenvalue weighted by atomic mass is 9.98. The molecule has 1 aliphatic heterocycles. The summed E-state index contributed by atoms with van der Waals surface area (Å²) in [6.45, 7) is 2.72. The molecule has 2 atom stereocenters. The average molecular weight is 465 g/mol. The number of rotatable bonds is 9. The van der Waals surface area contributed by atoms with Gasteiger partial charge < -0.3 is 10.0 Å². The molecule has 2 N–H and O–H groups in total. The first-order valence-electron chi connectivity index (χ1n) is 10.9. The maximum atomic E-state index is 11.1. The number of unbranched alkanes of at least 4 members (excludes halogenated alkanes) is 1. The molecule has 9 heteroatoms. The second-order valence-corrected chi connectivity index (χ2v) is 8.26. The highest BCUT2D eigenvalue weighted by molar-refractivity contribution is 6.22. The van der Waals surface area contributed by atoms with Gasteiger partial charge in [-0.15, -0.1) is 10.2 Å². The Hall–Kier alpha value is -3.52. The number of hydrogen-bond acceptors (Lipinski definition) is 6. The minimum absolute atomic E-state index is 0.298. The van der Waals surface area contributed by atoms with Crippen LogP contribution in [0.3, 0.4) is 0 Å². The van der Waals surface area contributed by atoms with E-state index in [-0.39, 0.29) is 6.04 Å². The van der Waals surface area contributed by atoms with E-state index in [0.29, 0.717) is 12.4 Å². The van der Waals surface area contributed by atoms with Gasteiger partial charge in [0.25, 0.3) is 0 Å². The molecule has 1 aromatic heterocycles. The monoisotopic (exact) mass is 464 g/mol. The summed E-state index contributed by atoms with van der Waals surface area (Å²) in [7, 11) is 0. The first-order valence-corrected chi connectivity index (χ1v) is 11.3. The number of hydrogen-bond donors (Lipinski definition) is 2. The zero-order chi connectivity index (χ0) is 23.2. The SMILES string of the molecule is CCCCC1=NC(Cl)C(C=CC(=O)O)N1Cc1ccc(-c2ccccc2-c2nn[nH]n2)cc1. The number of benzene rings is 2. The Balaban J connectivity index is 1.57. The Morgan fingerprint density at radius 2 is 1.94 bits per heavy atom. The van der Waals surface area contributed by atoms with E-state index in [1.54, 1.807) is 6.08 Å². The fourth-order valence-electron chi connectivity index (χ4n) is 3.92. The highest BCUT2D eigenvalue weighted by Gasteiger charge is 2.32. The quantitative estimate of drug-likeness (QED) is 0.274. The van der Waals surface area contributed by atoms with Crippen molar-refractivity contribution in [3.8, 4) is 22.5 Å². The number of alkyl halides is 1. The largest absolute Gasteiger partial charge is 0.478 e. The van der Waals surface area contributed by atoms with E-state index < -0.39 is 11.5 Å². The minimum atomic E-state index is -0.995. The van der Waals surface area contributed by atoms with Crippen molar-refractivity contribution in [2.45, 2.75) is 44.3 Å². The summed E-state index contributed by atoms with van der Waals surface area (Å²) in [5, 5.41) is 23.5. The van der Waals surface area contributed by atoms with Gasteiger partial charge in [-0.2, -0.15) is 5.21 Å². The lowest BCUT2D eigenvalue weighted by Crippen LogP contribution is -2.36. The maximum Gasteiger partial charge on any atom is 0.328 e. The fraction of sp³-hybridized carbons (Fsp3) is 0.292. The number of aromatic amines is 1. The van der Waals surface area contributed by atoms with Gasteiger partial charge in [-0.05, 0) is 28.3 Å². The van der Waals surface area contributed by atoms with Crippen molar-refractivity contribution in [2.75, 3.05) is 0 Å². The Morgan fingerprint density at radius 3 is 2.61 bits per heavy atom. The van der Waals surface area contributed by atoms with Crippen molar-refractivity contribution in [3.63, 3.8) is 0 Å². The summed E-state index contributed by atoms with van der Waals surface area (Å²) >= 11 is 6.47. The third-order valence-corrected chi connectivity index (χ3v) is 5.92. The van der Waals surface area contributed by atoms with Crippen LogP contribution in [0.25, 0.3) is 22.5 Å². The van der Waals surface area contributed by atoms with Crippen molar-refractivity contribution in [1.82, 2.24) is 25.5 Å². The smallest absolute Gasteiger partial charge is 0.328 e. The van der Waals surface area contributed by atoms with E-state index in [9.17, 15) is 4.79 Å². The number of carbonyl (C=O) groups is 1. The lowest BCUT2D eigenvalue weighted by molar-refractivity contribution is -0.131. The first-order chi connectivity index (χ1) is 16.1. The van der Waals surface area contributed by atoms with E-state index in [1.807, 2.05) is 24.3 Å². The van der Waals surface area contributed by atoms with Crippen LogP contribution in [0.15, 0.2) is 65.7 Å². The van der Waals surface area contributed by atoms with Crippen LogP contribution in [-0.2, 0) is 11.3 Å². The van der Waals surface area contributed by atoms with Gasteiger partial charge >= 0.3 is 5.97 Å². The summed E-state index contributed by atoms with van der Waals surface area (Å²) in [5.74, 6) is 0.471. The predicted molar refractivity (Wildman–Crippen MR) is 128 cm³/mol. The number of aliphatic carboxylic acids is 1. The molecule has 0 radical (unpaired) electrons. The molecule has 8 nitrogen and oxygen atoms in total. The van der Waals surface area contributed by atoms with Gasteiger partial charge in [-0.1, -0.05) is 79.6 Å². The van der Waals surface area contributed by atoms with Crippen LogP contribution in [-0.4, -0.2) is 54.0 Å². The van der Waals surface area contributed by atoms with Crippen LogP contribution in [0.1, 0.15) is 31.7 Å². The standard InChI is InChI=1S/C24H25ClN6O2/c1-2-3-8-21-26-23(25)20(13-14-22(32)33)31(21)15-16-9-11-17(12-10-16)18-6-4-5-7-19(18)24-27-29-30-28-24/h4-7,9-14,20,23H,2-3,8,15H2,1H3,(H,32,33)(H,27,28,29,30). The summed E-state index contributed by atoms with van der Waals surface area (Å²) in [4.78, 5) is 17.8. The van der Waals surface area contributed by atoms with E-state index >= 15 is 0 Å². The maximum absolute atomic E-state index is 11.1. The molecule has 170 valence electrons. The summed E-state index contributed by atoms with van der Waals surface area (Å²) in [6, 6.07) is 15.9. The molecule has 2 aromatic carbocycles. The molecule has 0 fully saturated rings. The number of carboxylic acids is 1. The second-order valence-electron chi connectivity index (χ2n) is 7.82. The van der Waals surface area contributed by atoms with Gasteiger partial charge in [0.2, 0.25) is 5.82 Å². The van der Waals surface area contributed by atoms with Gasteiger partial charge in [0.1, 0.15) is 11.3 Å². The van der Waals surface area contributed by atoms with Crippen LogP contribution >= 0.6 is 11.6 Å². The summed E-state index contributed by atoms with van der Waals surface area (Å²) in [6.07, 6.45) is 5.62. The van der Waals surface area contributed by atoms with Crippen molar-refractivity contribution in [2.24, 2.45) is 4.99 Å². The number of amidine groups is 1. The highest BCUT2D eigenvalue weighted by atomic mass is 35.5. The minimum Gasteiger partial charge on any atom is -0.478 e. The molecule has 0 saturated carbocycles. The highest BCUT2D eigenvalue weighted by Crippen LogP contribution is 2.31. The van der Waals surface area contributed by atoms with Gasteiger partial charge in [0.15, 0.2) is 0 Å². The predicted octanol–water partition coefficient (Wildman–Crippen LogP) is 4.51. The molecule has 4 rings (SSSR count).